The number of benzene rings is 3. The second-order valence-electron chi connectivity index (χ2n) is 8.31. The molecule has 2 aromatic heterocycles. The summed E-state index contributed by atoms with van der Waals surface area (Å²) in [6, 6.07) is 24.2. The zero-order valence-electron chi connectivity index (χ0n) is 17.7. The van der Waals surface area contributed by atoms with Crippen LogP contribution in [0.2, 0.25) is 0 Å². The van der Waals surface area contributed by atoms with E-state index in [2.05, 4.69) is 54.9 Å². The summed E-state index contributed by atoms with van der Waals surface area (Å²) in [5, 5.41) is 1.94. The quantitative estimate of drug-likeness (QED) is 0.226. The summed E-state index contributed by atoms with van der Waals surface area (Å²) in [7, 11) is 2.05. The van der Waals surface area contributed by atoms with E-state index in [0.717, 1.165) is 31.6 Å². The van der Waals surface area contributed by atoms with E-state index in [0.29, 0.717) is 11.1 Å². The van der Waals surface area contributed by atoms with Crippen molar-refractivity contribution in [1.29, 1.82) is 0 Å². The first-order valence-corrected chi connectivity index (χ1v) is 11.3. The number of ketones is 2. The van der Waals surface area contributed by atoms with Gasteiger partial charge in [-0.2, -0.15) is 0 Å². The topological polar surface area (TPSA) is 39.1 Å². The third kappa shape index (κ3) is 2.80. The van der Waals surface area contributed by atoms with Crippen molar-refractivity contribution in [3.8, 4) is 11.3 Å². The van der Waals surface area contributed by atoms with Crippen molar-refractivity contribution in [2.24, 2.45) is 7.05 Å². The maximum absolute atomic E-state index is 13.1. The maximum atomic E-state index is 13.1. The van der Waals surface area contributed by atoms with Gasteiger partial charge in [-0.05, 0) is 53.6 Å². The molecule has 0 unspecified atom stereocenters. The van der Waals surface area contributed by atoms with E-state index in [1.54, 1.807) is 17.4 Å². The third-order valence-corrected chi connectivity index (χ3v) is 7.27. The van der Waals surface area contributed by atoms with Crippen molar-refractivity contribution in [3.05, 3.63) is 99.9 Å². The average Bonchev–Trinajstić information content (AvgIpc) is 3.41. The van der Waals surface area contributed by atoms with Gasteiger partial charge in [0, 0.05) is 28.7 Å². The SMILES string of the molecule is Cc1ccc(-c2cc3sc(C=C4C(=O)c5cc6ccccc6cc5C4=O)cc3n2C)cc1. The lowest BCUT2D eigenvalue weighted by Gasteiger charge is -2.04. The molecule has 4 heteroatoms. The van der Waals surface area contributed by atoms with Crippen LogP contribution in [0, 0.1) is 6.92 Å². The molecule has 0 aliphatic heterocycles. The van der Waals surface area contributed by atoms with Gasteiger partial charge in [-0.15, -0.1) is 11.3 Å². The highest BCUT2D eigenvalue weighted by atomic mass is 32.1. The Bertz CT molecular complexity index is 1560. The van der Waals surface area contributed by atoms with Crippen LogP contribution >= 0.6 is 11.3 Å². The summed E-state index contributed by atoms with van der Waals surface area (Å²) in [4.78, 5) is 27.0. The Hall–Kier alpha value is -3.76. The molecule has 6 rings (SSSR count). The van der Waals surface area contributed by atoms with Crippen LogP contribution in [0.5, 0.6) is 0 Å². The number of aromatic nitrogens is 1. The van der Waals surface area contributed by atoms with Gasteiger partial charge in [0.1, 0.15) is 0 Å². The molecule has 0 spiro atoms. The molecular formula is C28H19NO2S. The molecule has 1 aliphatic carbocycles. The van der Waals surface area contributed by atoms with Crippen LogP contribution in [-0.4, -0.2) is 16.1 Å². The molecule has 0 amide bonds. The lowest BCUT2D eigenvalue weighted by molar-refractivity contribution is 0.0990. The molecule has 3 aromatic carbocycles. The van der Waals surface area contributed by atoms with Crippen LogP contribution in [0.15, 0.2) is 78.4 Å². The molecule has 1 aliphatic rings. The molecule has 3 nitrogen and oxygen atoms in total. The first-order valence-electron chi connectivity index (χ1n) is 10.5. The Balaban J connectivity index is 1.40. The molecule has 154 valence electrons. The Kier molecular flexibility index (Phi) is 4.07. The summed E-state index contributed by atoms with van der Waals surface area (Å²) in [6.45, 7) is 2.08. The van der Waals surface area contributed by atoms with Gasteiger partial charge in [-0.1, -0.05) is 54.1 Å². The number of fused-ring (bicyclic) bond motifs is 3. The molecular weight excluding hydrogens is 414 g/mol. The first kappa shape index (κ1) is 19.0. The number of hydrogen-bond acceptors (Lipinski definition) is 3. The predicted molar refractivity (Wildman–Crippen MR) is 132 cm³/mol. The minimum Gasteiger partial charge on any atom is -0.343 e. The normalized spacial score (nSPS) is 13.4. The van der Waals surface area contributed by atoms with E-state index >= 15 is 0 Å². The zero-order chi connectivity index (χ0) is 22.0. The molecule has 5 aromatic rings. The van der Waals surface area contributed by atoms with Gasteiger partial charge in [-0.25, -0.2) is 0 Å². The number of hydrogen-bond donors (Lipinski definition) is 0. The molecule has 32 heavy (non-hydrogen) atoms. The summed E-state index contributed by atoms with van der Waals surface area (Å²) in [6.07, 6.45) is 1.76. The molecule has 0 saturated heterocycles. The highest BCUT2D eigenvalue weighted by molar-refractivity contribution is 7.19. The summed E-state index contributed by atoms with van der Waals surface area (Å²) >= 11 is 1.60. The van der Waals surface area contributed by atoms with Gasteiger partial charge in [0.2, 0.25) is 0 Å². The standard InChI is InChI=1S/C28H19NO2S/c1-16-7-9-17(10-8-16)24-15-26-25(29(24)2)14-20(32-26)13-23-27(30)21-11-18-5-3-4-6-19(18)12-22(21)28(23)31/h3-15H,1-2H3. The number of thiophene rings is 1. The monoisotopic (exact) mass is 433 g/mol. The number of carbonyl (C=O) groups excluding carboxylic acids is 2. The van der Waals surface area contributed by atoms with E-state index in [-0.39, 0.29) is 17.1 Å². The third-order valence-electron chi connectivity index (χ3n) is 6.25. The second-order valence-corrected chi connectivity index (χ2v) is 9.43. The Morgan fingerprint density at radius 1 is 0.812 bits per heavy atom. The lowest BCUT2D eigenvalue weighted by atomic mass is 10.0. The highest BCUT2D eigenvalue weighted by Gasteiger charge is 2.33. The van der Waals surface area contributed by atoms with Crippen molar-refractivity contribution in [1.82, 2.24) is 4.57 Å². The molecule has 0 atom stereocenters. The van der Waals surface area contributed by atoms with Crippen molar-refractivity contribution in [2.75, 3.05) is 0 Å². The minimum atomic E-state index is -0.187. The summed E-state index contributed by atoms with van der Waals surface area (Å²) in [5.41, 5.74) is 5.91. The van der Waals surface area contributed by atoms with Gasteiger partial charge in [0.15, 0.2) is 11.6 Å². The van der Waals surface area contributed by atoms with E-state index in [1.165, 1.54) is 11.1 Å². The van der Waals surface area contributed by atoms with Crippen LogP contribution in [0.25, 0.3) is 38.3 Å². The molecule has 0 bridgehead atoms. The number of carbonyl (C=O) groups is 2. The van der Waals surface area contributed by atoms with Crippen LogP contribution in [0.4, 0.5) is 0 Å². The number of allylic oxidation sites excluding steroid dienone is 1. The predicted octanol–water partition coefficient (Wildman–Crippen LogP) is 6.83. The van der Waals surface area contributed by atoms with Crippen molar-refractivity contribution < 1.29 is 9.59 Å². The fourth-order valence-corrected chi connectivity index (χ4v) is 5.56. The number of rotatable bonds is 2. The van der Waals surface area contributed by atoms with E-state index in [1.807, 2.05) is 36.4 Å². The van der Waals surface area contributed by atoms with Crippen molar-refractivity contribution in [3.63, 3.8) is 0 Å². The van der Waals surface area contributed by atoms with Crippen LogP contribution in [0.3, 0.4) is 0 Å². The molecule has 0 saturated carbocycles. The van der Waals surface area contributed by atoms with Crippen molar-refractivity contribution in [2.45, 2.75) is 6.92 Å². The summed E-state index contributed by atoms with van der Waals surface area (Å²) < 4.78 is 3.30. The minimum absolute atomic E-state index is 0.187. The number of nitrogens with zero attached hydrogens (tertiary/aromatic N) is 1. The zero-order valence-corrected chi connectivity index (χ0v) is 18.5. The van der Waals surface area contributed by atoms with Crippen molar-refractivity contribution >= 4 is 50.0 Å². The first-order chi connectivity index (χ1) is 15.5. The van der Waals surface area contributed by atoms with Crippen LogP contribution < -0.4 is 0 Å². The smallest absolute Gasteiger partial charge is 0.197 e. The van der Waals surface area contributed by atoms with Gasteiger partial charge >= 0.3 is 0 Å². The van der Waals surface area contributed by atoms with Crippen LogP contribution in [-0.2, 0) is 7.05 Å². The maximum Gasteiger partial charge on any atom is 0.197 e. The molecule has 2 heterocycles. The molecule has 0 fully saturated rings. The van der Waals surface area contributed by atoms with Gasteiger partial charge in [-0.3, -0.25) is 9.59 Å². The average molecular weight is 434 g/mol. The van der Waals surface area contributed by atoms with E-state index in [4.69, 9.17) is 0 Å². The Morgan fingerprint density at radius 2 is 1.44 bits per heavy atom. The Morgan fingerprint density at radius 3 is 2.03 bits per heavy atom. The lowest BCUT2D eigenvalue weighted by Crippen LogP contribution is -1.99. The van der Waals surface area contributed by atoms with Gasteiger partial charge < -0.3 is 4.57 Å². The van der Waals surface area contributed by atoms with Gasteiger partial charge in [0.25, 0.3) is 0 Å². The summed E-state index contributed by atoms with van der Waals surface area (Å²) in [5.74, 6) is -0.373. The molecule has 0 N–H and O–H groups in total. The Labute approximate surface area is 189 Å². The molecule has 0 radical (unpaired) electrons. The fraction of sp³-hybridized carbons (Fsp3) is 0.0714. The number of Topliss-reactive ketones (excluding diaryl/α,β-unsaturated/α-hetero) is 2. The number of aryl methyl sites for hydroxylation is 2. The van der Waals surface area contributed by atoms with Gasteiger partial charge in [0.05, 0.1) is 15.8 Å². The highest BCUT2D eigenvalue weighted by Crippen LogP contribution is 2.36. The fourth-order valence-electron chi connectivity index (χ4n) is 4.49. The van der Waals surface area contributed by atoms with E-state index in [9.17, 15) is 9.59 Å². The largest absolute Gasteiger partial charge is 0.343 e. The second kappa shape index (κ2) is 6.87. The van der Waals surface area contributed by atoms with E-state index < -0.39 is 0 Å². The van der Waals surface area contributed by atoms with Crippen LogP contribution in [0.1, 0.15) is 31.2 Å².